The van der Waals surface area contributed by atoms with Crippen LogP contribution >= 0.6 is 0 Å². The highest BCUT2D eigenvalue weighted by molar-refractivity contribution is 6.05. The van der Waals surface area contributed by atoms with E-state index in [0.717, 1.165) is 35.3 Å². The van der Waals surface area contributed by atoms with Crippen molar-refractivity contribution in [3.63, 3.8) is 0 Å². The number of anilines is 3. The molecular formula is C27H27N3O4. The van der Waals surface area contributed by atoms with E-state index in [9.17, 15) is 9.59 Å². The van der Waals surface area contributed by atoms with Crippen LogP contribution in [0.25, 0.3) is 0 Å². The maximum atomic E-state index is 13.0. The van der Waals surface area contributed by atoms with Crippen molar-refractivity contribution in [1.82, 2.24) is 0 Å². The summed E-state index contributed by atoms with van der Waals surface area (Å²) in [5.41, 5.74) is 11.3. The molecule has 0 saturated carbocycles. The molecule has 1 atom stereocenters. The lowest BCUT2D eigenvalue weighted by Crippen LogP contribution is -2.35. The molecule has 0 radical (unpaired) electrons. The fraction of sp³-hybridized carbons (Fsp3) is 0.259. The molecule has 2 aliphatic rings. The van der Waals surface area contributed by atoms with Crippen LogP contribution in [0, 0.1) is 6.92 Å². The van der Waals surface area contributed by atoms with Crippen LogP contribution in [0.3, 0.4) is 0 Å². The van der Waals surface area contributed by atoms with Crippen molar-refractivity contribution < 1.29 is 19.1 Å². The molecule has 7 nitrogen and oxygen atoms in total. The number of hydrogen-bond donors (Lipinski definition) is 2. The molecular weight excluding hydrogens is 430 g/mol. The highest BCUT2D eigenvalue weighted by atomic mass is 16.6. The van der Waals surface area contributed by atoms with Crippen LogP contribution in [0.2, 0.25) is 0 Å². The zero-order valence-electron chi connectivity index (χ0n) is 19.3. The summed E-state index contributed by atoms with van der Waals surface area (Å²) in [6.45, 7) is 5.12. The fourth-order valence-corrected chi connectivity index (χ4v) is 4.68. The SMILES string of the molecule is Cc1ccc(NC(=O)c2ccc3c(c2)OCCO3)cc1N1c2c(cccc2C(N)=O)CC[C@H]1C. The number of nitrogens with two attached hydrogens (primary N) is 1. The van der Waals surface area contributed by atoms with Crippen molar-refractivity contribution in [2.45, 2.75) is 32.7 Å². The number of primary amides is 1. The molecule has 0 bridgehead atoms. The zero-order valence-corrected chi connectivity index (χ0v) is 19.3. The first kappa shape index (κ1) is 21.8. The van der Waals surface area contributed by atoms with Crippen LogP contribution in [0.1, 0.15) is 45.2 Å². The minimum absolute atomic E-state index is 0.162. The molecule has 0 unspecified atom stereocenters. The Kier molecular flexibility index (Phi) is 5.61. The molecule has 0 aromatic heterocycles. The molecule has 2 amide bonds. The summed E-state index contributed by atoms with van der Waals surface area (Å²) >= 11 is 0. The molecule has 2 heterocycles. The normalized spacial score (nSPS) is 16.5. The molecule has 0 aliphatic carbocycles. The smallest absolute Gasteiger partial charge is 0.255 e. The monoisotopic (exact) mass is 457 g/mol. The van der Waals surface area contributed by atoms with Gasteiger partial charge in [0.2, 0.25) is 0 Å². The van der Waals surface area contributed by atoms with E-state index in [1.807, 2.05) is 37.3 Å². The van der Waals surface area contributed by atoms with Gasteiger partial charge in [0.25, 0.3) is 11.8 Å². The molecule has 3 N–H and O–H groups in total. The summed E-state index contributed by atoms with van der Waals surface area (Å²) in [6, 6.07) is 16.8. The Balaban J connectivity index is 1.49. The molecule has 0 saturated heterocycles. The number of aryl methyl sites for hydroxylation is 2. The quantitative estimate of drug-likeness (QED) is 0.598. The summed E-state index contributed by atoms with van der Waals surface area (Å²) in [7, 11) is 0. The lowest BCUT2D eigenvalue weighted by molar-refractivity contribution is 0.0997. The Hall–Kier alpha value is -4.00. The summed E-state index contributed by atoms with van der Waals surface area (Å²) in [4.78, 5) is 27.4. The van der Waals surface area contributed by atoms with Crippen molar-refractivity contribution in [2.75, 3.05) is 23.4 Å². The van der Waals surface area contributed by atoms with Crippen LogP contribution in [0.4, 0.5) is 17.1 Å². The Bertz CT molecular complexity index is 1290. The molecule has 3 aromatic rings. The number of carbonyl (C=O) groups is 2. The van der Waals surface area contributed by atoms with Crippen LogP contribution in [0.15, 0.2) is 54.6 Å². The number of amides is 2. The van der Waals surface area contributed by atoms with Crippen molar-refractivity contribution in [1.29, 1.82) is 0 Å². The number of hydrogen-bond acceptors (Lipinski definition) is 5. The molecule has 2 aliphatic heterocycles. The van der Waals surface area contributed by atoms with Gasteiger partial charge < -0.3 is 25.4 Å². The molecule has 3 aromatic carbocycles. The largest absolute Gasteiger partial charge is 0.486 e. The summed E-state index contributed by atoms with van der Waals surface area (Å²) in [5.74, 6) is 0.526. The van der Waals surface area contributed by atoms with Crippen LogP contribution in [-0.2, 0) is 6.42 Å². The lowest BCUT2D eigenvalue weighted by atomic mass is 9.92. The van der Waals surface area contributed by atoms with Gasteiger partial charge in [-0.05, 0) is 74.2 Å². The molecule has 174 valence electrons. The third-order valence-electron chi connectivity index (χ3n) is 6.43. The number of para-hydroxylation sites is 1. The Labute approximate surface area is 198 Å². The van der Waals surface area contributed by atoms with Gasteiger partial charge in [-0.2, -0.15) is 0 Å². The number of carbonyl (C=O) groups excluding carboxylic acids is 2. The molecule has 34 heavy (non-hydrogen) atoms. The van der Waals surface area contributed by atoms with Crippen molar-refractivity contribution in [2.24, 2.45) is 5.73 Å². The third-order valence-corrected chi connectivity index (χ3v) is 6.43. The number of fused-ring (bicyclic) bond motifs is 2. The number of ether oxygens (including phenoxy) is 2. The molecule has 0 spiro atoms. The highest BCUT2D eigenvalue weighted by Crippen LogP contribution is 2.41. The summed E-state index contributed by atoms with van der Waals surface area (Å²) in [5, 5.41) is 2.99. The molecule has 7 heteroatoms. The average Bonchev–Trinajstić information content (AvgIpc) is 2.84. The van der Waals surface area contributed by atoms with Gasteiger partial charge in [0.1, 0.15) is 13.2 Å². The van der Waals surface area contributed by atoms with Crippen LogP contribution < -0.4 is 25.4 Å². The van der Waals surface area contributed by atoms with Gasteiger partial charge in [0, 0.05) is 23.0 Å². The minimum Gasteiger partial charge on any atom is -0.486 e. The van der Waals surface area contributed by atoms with Gasteiger partial charge in [0.15, 0.2) is 11.5 Å². The van der Waals surface area contributed by atoms with Crippen LogP contribution in [-0.4, -0.2) is 31.1 Å². The topological polar surface area (TPSA) is 93.9 Å². The van der Waals surface area contributed by atoms with E-state index < -0.39 is 5.91 Å². The Morgan fingerprint density at radius 3 is 2.62 bits per heavy atom. The summed E-state index contributed by atoms with van der Waals surface area (Å²) in [6.07, 6.45) is 1.83. The van der Waals surface area contributed by atoms with Gasteiger partial charge in [-0.25, -0.2) is 0 Å². The van der Waals surface area contributed by atoms with Crippen molar-refractivity contribution >= 4 is 28.9 Å². The van der Waals surface area contributed by atoms with E-state index in [-0.39, 0.29) is 11.9 Å². The Morgan fingerprint density at radius 2 is 1.82 bits per heavy atom. The third kappa shape index (κ3) is 3.94. The molecule has 5 rings (SSSR count). The van der Waals surface area contributed by atoms with E-state index in [2.05, 4.69) is 17.1 Å². The standard InChI is InChI=1S/C27H27N3O4/c1-16-6-10-20(29-27(32)19-9-11-23-24(14-19)34-13-12-33-23)15-22(16)30-17(2)7-8-18-4-3-5-21(25(18)30)26(28)31/h3-6,9-11,14-15,17H,7-8,12-13H2,1-2H3,(H2,28,31)(H,29,32)/t17-/m1/s1. The van der Waals surface area contributed by atoms with E-state index in [0.29, 0.717) is 41.5 Å². The number of benzene rings is 3. The van der Waals surface area contributed by atoms with E-state index in [4.69, 9.17) is 15.2 Å². The predicted octanol–water partition coefficient (Wildman–Crippen LogP) is 4.59. The second kappa shape index (κ2) is 8.74. The first-order chi connectivity index (χ1) is 16.4. The van der Waals surface area contributed by atoms with Gasteiger partial charge in [0.05, 0.1) is 11.3 Å². The van der Waals surface area contributed by atoms with Crippen molar-refractivity contribution in [3.8, 4) is 11.5 Å². The van der Waals surface area contributed by atoms with Gasteiger partial charge >= 0.3 is 0 Å². The number of nitrogens with zero attached hydrogens (tertiary/aromatic N) is 1. The number of rotatable bonds is 4. The van der Waals surface area contributed by atoms with E-state index in [1.54, 1.807) is 24.3 Å². The second-order valence-corrected chi connectivity index (χ2v) is 8.75. The maximum absolute atomic E-state index is 13.0. The van der Waals surface area contributed by atoms with Gasteiger partial charge in [-0.1, -0.05) is 18.2 Å². The number of nitrogens with one attached hydrogen (secondary N) is 1. The predicted molar refractivity (Wildman–Crippen MR) is 131 cm³/mol. The first-order valence-corrected chi connectivity index (χ1v) is 11.4. The molecule has 0 fully saturated rings. The maximum Gasteiger partial charge on any atom is 0.255 e. The lowest BCUT2D eigenvalue weighted by Gasteiger charge is -2.39. The summed E-state index contributed by atoms with van der Waals surface area (Å²) < 4.78 is 11.1. The highest BCUT2D eigenvalue weighted by Gasteiger charge is 2.29. The van der Waals surface area contributed by atoms with Gasteiger partial charge in [-0.15, -0.1) is 0 Å². The van der Waals surface area contributed by atoms with Crippen LogP contribution in [0.5, 0.6) is 11.5 Å². The zero-order chi connectivity index (χ0) is 23.8. The van der Waals surface area contributed by atoms with Crippen molar-refractivity contribution in [3.05, 3.63) is 76.9 Å². The average molecular weight is 458 g/mol. The Morgan fingerprint density at radius 1 is 1.03 bits per heavy atom. The van der Waals surface area contributed by atoms with Gasteiger partial charge in [-0.3, -0.25) is 9.59 Å². The second-order valence-electron chi connectivity index (χ2n) is 8.75. The minimum atomic E-state index is -0.448. The van der Waals surface area contributed by atoms with E-state index >= 15 is 0 Å². The fourth-order valence-electron chi connectivity index (χ4n) is 4.68. The first-order valence-electron chi connectivity index (χ1n) is 11.4. The van der Waals surface area contributed by atoms with E-state index in [1.165, 1.54) is 0 Å².